The molecule has 0 aliphatic heterocycles. The quantitative estimate of drug-likeness (QED) is 0.823. The van der Waals surface area contributed by atoms with E-state index in [1.165, 1.54) is 5.56 Å². The van der Waals surface area contributed by atoms with Crippen molar-refractivity contribution in [1.82, 2.24) is 0 Å². The average Bonchev–Trinajstić information content (AvgIpc) is 2.21. The van der Waals surface area contributed by atoms with Gasteiger partial charge in [-0.2, -0.15) is 0 Å². The molecule has 0 atom stereocenters. The predicted molar refractivity (Wildman–Crippen MR) is 66.1 cm³/mol. The van der Waals surface area contributed by atoms with Crippen molar-refractivity contribution >= 4 is 11.8 Å². The fraction of sp³-hybridized carbons (Fsp3) is 0.429. The molecular formula is C14H18O3. The van der Waals surface area contributed by atoms with E-state index in [0.29, 0.717) is 19.3 Å². The number of aliphatic carboxylic acids is 1. The molecule has 0 bridgehead atoms. The number of aryl methyl sites for hydroxylation is 2. The molecule has 0 aliphatic carbocycles. The second-order valence-electron chi connectivity index (χ2n) is 4.39. The summed E-state index contributed by atoms with van der Waals surface area (Å²) in [5.41, 5.74) is 3.34. The molecule has 0 fully saturated rings. The van der Waals surface area contributed by atoms with Crippen LogP contribution in [0, 0.1) is 13.8 Å². The first-order valence-electron chi connectivity index (χ1n) is 5.78. The monoisotopic (exact) mass is 234 g/mol. The van der Waals surface area contributed by atoms with Gasteiger partial charge < -0.3 is 5.11 Å². The lowest BCUT2D eigenvalue weighted by Crippen LogP contribution is -2.05. The SMILES string of the molecule is Cc1ccc(CC(=O)CCCC(=O)O)c(C)c1. The molecule has 0 unspecified atom stereocenters. The van der Waals surface area contributed by atoms with Gasteiger partial charge in [0.05, 0.1) is 0 Å². The van der Waals surface area contributed by atoms with E-state index >= 15 is 0 Å². The van der Waals surface area contributed by atoms with Gasteiger partial charge in [0.25, 0.3) is 0 Å². The summed E-state index contributed by atoms with van der Waals surface area (Å²) < 4.78 is 0. The first kappa shape index (κ1) is 13.4. The summed E-state index contributed by atoms with van der Waals surface area (Å²) in [7, 11) is 0. The minimum atomic E-state index is -0.843. The highest BCUT2D eigenvalue weighted by molar-refractivity contribution is 5.81. The van der Waals surface area contributed by atoms with Crippen molar-refractivity contribution in [2.24, 2.45) is 0 Å². The summed E-state index contributed by atoms with van der Waals surface area (Å²) in [4.78, 5) is 22.0. The van der Waals surface area contributed by atoms with Crippen molar-refractivity contribution in [2.75, 3.05) is 0 Å². The Balaban J connectivity index is 2.48. The Morgan fingerprint density at radius 1 is 1.18 bits per heavy atom. The van der Waals surface area contributed by atoms with Crippen LogP contribution >= 0.6 is 0 Å². The molecule has 3 heteroatoms. The van der Waals surface area contributed by atoms with E-state index < -0.39 is 5.97 Å². The Morgan fingerprint density at radius 3 is 2.47 bits per heavy atom. The van der Waals surface area contributed by atoms with E-state index in [2.05, 4.69) is 6.07 Å². The molecule has 0 aliphatic rings. The highest BCUT2D eigenvalue weighted by Gasteiger charge is 2.07. The Hall–Kier alpha value is -1.64. The van der Waals surface area contributed by atoms with E-state index in [4.69, 9.17) is 5.11 Å². The van der Waals surface area contributed by atoms with Gasteiger partial charge in [0.15, 0.2) is 0 Å². The van der Waals surface area contributed by atoms with Gasteiger partial charge in [-0.05, 0) is 31.4 Å². The number of benzene rings is 1. The number of rotatable bonds is 6. The summed E-state index contributed by atoms with van der Waals surface area (Å²) in [6.07, 6.45) is 1.25. The maximum absolute atomic E-state index is 11.6. The first-order valence-corrected chi connectivity index (χ1v) is 5.78. The molecule has 0 saturated heterocycles. The summed E-state index contributed by atoms with van der Waals surface area (Å²) in [5.74, 6) is -0.734. The smallest absolute Gasteiger partial charge is 0.303 e. The molecule has 17 heavy (non-hydrogen) atoms. The predicted octanol–water partition coefficient (Wildman–Crippen LogP) is 2.67. The molecule has 0 aromatic heterocycles. The lowest BCUT2D eigenvalue weighted by atomic mass is 9.99. The molecule has 92 valence electrons. The molecule has 0 heterocycles. The Labute approximate surface area is 101 Å². The third-order valence-corrected chi connectivity index (χ3v) is 2.73. The van der Waals surface area contributed by atoms with Crippen molar-refractivity contribution in [1.29, 1.82) is 0 Å². The second kappa shape index (κ2) is 6.18. The normalized spacial score (nSPS) is 10.2. The number of carbonyl (C=O) groups is 2. The molecule has 0 saturated carbocycles. The van der Waals surface area contributed by atoms with E-state index in [-0.39, 0.29) is 12.2 Å². The van der Waals surface area contributed by atoms with Crippen LogP contribution in [0.25, 0.3) is 0 Å². The number of carboxylic acid groups (broad SMARTS) is 1. The minimum absolute atomic E-state index is 0.0681. The van der Waals surface area contributed by atoms with Gasteiger partial charge in [-0.3, -0.25) is 9.59 Å². The van der Waals surface area contributed by atoms with Gasteiger partial charge >= 0.3 is 5.97 Å². The Kier molecular flexibility index (Phi) is 4.88. The highest BCUT2D eigenvalue weighted by atomic mass is 16.4. The van der Waals surface area contributed by atoms with Crippen molar-refractivity contribution in [3.8, 4) is 0 Å². The molecular weight excluding hydrogens is 216 g/mol. The van der Waals surface area contributed by atoms with Crippen molar-refractivity contribution < 1.29 is 14.7 Å². The zero-order valence-electron chi connectivity index (χ0n) is 10.3. The molecule has 1 N–H and O–H groups in total. The fourth-order valence-corrected chi connectivity index (χ4v) is 1.78. The Morgan fingerprint density at radius 2 is 1.88 bits per heavy atom. The van der Waals surface area contributed by atoms with Crippen LogP contribution in [0.5, 0.6) is 0 Å². The molecule has 1 aromatic carbocycles. The summed E-state index contributed by atoms with van der Waals surface area (Å²) in [6, 6.07) is 6.02. The van der Waals surface area contributed by atoms with E-state index in [0.717, 1.165) is 11.1 Å². The number of hydrogen-bond acceptors (Lipinski definition) is 2. The summed E-state index contributed by atoms with van der Waals surface area (Å²) in [6.45, 7) is 4.01. The average molecular weight is 234 g/mol. The fourth-order valence-electron chi connectivity index (χ4n) is 1.78. The molecule has 0 amide bonds. The third kappa shape index (κ3) is 4.81. The van der Waals surface area contributed by atoms with E-state index in [1.54, 1.807) is 0 Å². The number of Topliss-reactive ketones (excluding diaryl/α,β-unsaturated/α-hetero) is 1. The lowest BCUT2D eigenvalue weighted by Gasteiger charge is -2.06. The van der Waals surface area contributed by atoms with Gasteiger partial charge in [0.1, 0.15) is 5.78 Å². The van der Waals surface area contributed by atoms with Crippen molar-refractivity contribution in [3.05, 3.63) is 34.9 Å². The third-order valence-electron chi connectivity index (χ3n) is 2.73. The maximum atomic E-state index is 11.6. The van der Waals surface area contributed by atoms with Crippen molar-refractivity contribution in [2.45, 2.75) is 39.5 Å². The lowest BCUT2D eigenvalue weighted by molar-refractivity contribution is -0.137. The van der Waals surface area contributed by atoms with Gasteiger partial charge in [0.2, 0.25) is 0 Å². The van der Waals surface area contributed by atoms with Gasteiger partial charge in [0, 0.05) is 19.3 Å². The van der Waals surface area contributed by atoms with E-state index in [1.807, 2.05) is 26.0 Å². The van der Waals surface area contributed by atoms with Gasteiger partial charge in [-0.15, -0.1) is 0 Å². The second-order valence-corrected chi connectivity index (χ2v) is 4.39. The number of ketones is 1. The number of carboxylic acids is 1. The first-order chi connectivity index (χ1) is 7.99. The maximum Gasteiger partial charge on any atom is 0.303 e. The van der Waals surface area contributed by atoms with Crippen LogP contribution in [0.1, 0.15) is 36.0 Å². The van der Waals surface area contributed by atoms with Crippen LogP contribution in [-0.4, -0.2) is 16.9 Å². The van der Waals surface area contributed by atoms with Crippen LogP contribution < -0.4 is 0 Å². The molecule has 0 radical (unpaired) electrons. The van der Waals surface area contributed by atoms with Crippen LogP contribution in [-0.2, 0) is 16.0 Å². The van der Waals surface area contributed by atoms with Crippen LogP contribution in [0.3, 0.4) is 0 Å². The van der Waals surface area contributed by atoms with Crippen LogP contribution in [0.15, 0.2) is 18.2 Å². The van der Waals surface area contributed by atoms with Crippen molar-refractivity contribution in [3.63, 3.8) is 0 Å². The largest absolute Gasteiger partial charge is 0.481 e. The molecule has 3 nitrogen and oxygen atoms in total. The van der Waals surface area contributed by atoms with Gasteiger partial charge in [-0.25, -0.2) is 0 Å². The zero-order valence-corrected chi connectivity index (χ0v) is 10.3. The van der Waals surface area contributed by atoms with Gasteiger partial charge in [-0.1, -0.05) is 23.8 Å². The topological polar surface area (TPSA) is 54.4 Å². The molecule has 1 rings (SSSR count). The molecule has 1 aromatic rings. The summed E-state index contributed by atoms with van der Waals surface area (Å²) in [5, 5.41) is 8.48. The minimum Gasteiger partial charge on any atom is -0.481 e. The highest BCUT2D eigenvalue weighted by Crippen LogP contribution is 2.12. The standard InChI is InChI=1S/C14H18O3/c1-10-6-7-12(11(2)8-10)9-13(15)4-3-5-14(16)17/h6-8H,3-5,9H2,1-2H3,(H,16,17). The molecule has 0 spiro atoms. The number of hydrogen-bond donors (Lipinski definition) is 1. The Bertz CT molecular complexity index is 421. The summed E-state index contributed by atoms with van der Waals surface area (Å²) >= 11 is 0. The zero-order chi connectivity index (χ0) is 12.8. The van der Waals surface area contributed by atoms with E-state index in [9.17, 15) is 9.59 Å². The number of carbonyl (C=O) groups excluding carboxylic acids is 1. The van der Waals surface area contributed by atoms with Crippen LogP contribution in [0.2, 0.25) is 0 Å². The van der Waals surface area contributed by atoms with Crippen LogP contribution in [0.4, 0.5) is 0 Å².